The fourth-order valence-corrected chi connectivity index (χ4v) is 3.87. The minimum absolute atomic E-state index is 0.140. The third-order valence-corrected chi connectivity index (χ3v) is 5.53. The van der Waals surface area contributed by atoms with Crippen molar-refractivity contribution in [2.45, 2.75) is 20.4 Å². The molecule has 0 saturated carbocycles. The molecule has 0 aliphatic carbocycles. The Morgan fingerprint density at radius 2 is 1.91 bits per heavy atom. The summed E-state index contributed by atoms with van der Waals surface area (Å²) < 4.78 is 1.78. The average Bonchev–Trinajstić information content (AvgIpc) is 3.41. The summed E-state index contributed by atoms with van der Waals surface area (Å²) >= 11 is 0. The second-order valence-corrected chi connectivity index (χ2v) is 7.75. The van der Waals surface area contributed by atoms with Gasteiger partial charge >= 0.3 is 0 Å². The van der Waals surface area contributed by atoms with E-state index in [-0.39, 0.29) is 5.95 Å². The first kappa shape index (κ1) is 19.5. The first-order chi connectivity index (χ1) is 15.5. The van der Waals surface area contributed by atoms with Crippen molar-refractivity contribution >= 4 is 16.9 Å². The highest BCUT2D eigenvalue weighted by atomic mass is 15.4. The van der Waals surface area contributed by atoms with Crippen LogP contribution in [0.4, 0.5) is 5.95 Å². The lowest BCUT2D eigenvalue weighted by molar-refractivity contribution is 0.652. The van der Waals surface area contributed by atoms with Gasteiger partial charge in [-0.3, -0.25) is 0 Å². The van der Waals surface area contributed by atoms with E-state index in [1.54, 1.807) is 10.7 Å². The molecular formula is C24H20N8. The molecule has 5 rings (SSSR count). The molecular weight excluding hydrogens is 400 g/mol. The molecule has 0 aliphatic heterocycles. The highest BCUT2D eigenvalue weighted by molar-refractivity contribution is 5.83. The van der Waals surface area contributed by atoms with Crippen molar-refractivity contribution in [3.05, 3.63) is 77.1 Å². The summed E-state index contributed by atoms with van der Waals surface area (Å²) in [4.78, 5) is 12.0. The second-order valence-electron chi connectivity index (χ2n) is 7.75. The molecule has 0 atom stereocenters. The maximum absolute atomic E-state index is 9.33. The molecule has 0 saturated heterocycles. The molecule has 156 valence electrons. The van der Waals surface area contributed by atoms with Gasteiger partial charge in [-0.2, -0.15) is 5.26 Å². The Hall–Kier alpha value is -4.51. The van der Waals surface area contributed by atoms with Gasteiger partial charge in [0.15, 0.2) is 0 Å². The summed E-state index contributed by atoms with van der Waals surface area (Å²) in [5.41, 5.74) is 13.5. The van der Waals surface area contributed by atoms with Gasteiger partial charge in [0.1, 0.15) is 5.69 Å². The van der Waals surface area contributed by atoms with Crippen LogP contribution in [-0.4, -0.2) is 29.9 Å². The highest BCUT2D eigenvalue weighted by Gasteiger charge is 2.14. The van der Waals surface area contributed by atoms with Gasteiger partial charge in [0, 0.05) is 22.7 Å². The molecule has 0 fully saturated rings. The van der Waals surface area contributed by atoms with Crippen molar-refractivity contribution in [2.24, 2.45) is 0 Å². The molecule has 0 bridgehead atoms. The summed E-state index contributed by atoms with van der Waals surface area (Å²) in [5.74, 6) is 0.140. The van der Waals surface area contributed by atoms with Gasteiger partial charge in [-0.25, -0.2) is 14.6 Å². The van der Waals surface area contributed by atoms with Crippen LogP contribution in [0.25, 0.3) is 33.5 Å². The number of nitrogen functional groups attached to an aromatic ring is 1. The van der Waals surface area contributed by atoms with Gasteiger partial charge in [0.25, 0.3) is 0 Å². The maximum Gasteiger partial charge on any atom is 0.221 e. The molecule has 0 spiro atoms. The Kier molecular flexibility index (Phi) is 4.64. The van der Waals surface area contributed by atoms with Crippen LogP contribution in [0.3, 0.4) is 0 Å². The molecule has 8 nitrogen and oxygen atoms in total. The lowest BCUT2D eigenvalue weighted by atomic mass is 10.00. The molecule has 0 unspecified atom stereocenters. The standard InChI is InChI=1S/C24H20N8/c1-14-6-7-19-17(11-27-20(19)8-14)12-32-13-23(30-31-32)22-9-21(28-24(26)29-22)18-5-3-4-16(10-25)15(18)2/h3-9,11,13,27H,12H2,1-2H3,(H2,26,28,29). The van der Waals surface area contributed by atoms with Gasteiger partial charge in [0.2, 0.25) is 5.95 Å². The quantitative estimate of drug-likeness (QED) is 0.453. The van der Waals surface area contributed by atoms with Crippen LogP contribution in [-0.2, 0) is 6.54 Å². The van der Waals surface area contributed by atoms with Crippen LogP contribution in [0.5, 0.6) is 0 Å². The monoisotopic (exact) mass is 420 g/mol. The van der Waals surface area contributed by atoms with Gasteiger partial charge < -0.3 is 10.7 Å². The van der Waals surface area contributed by atoms with Crippen molar-refractivity contribution in [3.63, 3.8) is 0 Å². The van der Waals surface area contributed by atoms with Gasteiger partial charge in [-0.05, 0) is 48.7 Å². The topological polar surface area (TPSA) is 122 Å². The van der Waals surface area contributed by atoms with Crippen molar-refractivity contribution in [2.75, 3.05) is 5.73 Å². The fourth-order valence-electron chi connectivity index (χ4n) is 3.87. The smallest absolute Gasteiger partial charge is 0.221 e. The zero-order valence-electron chi connectivity index (χ0n) is 17.7. The summed E-state index contributed by atoms with van der Waals surface area (Å²) in [6, 6.07) is 15.9. The number of hydrogen-bond donors (Lipinski definition) is 2. The fraction of sp³-hybridized carbons (Fsp3) is 0.125. The van der Waals surface area contributed by atoms with E-state index in [1.165, 1.54) is 5.56 Å². The molecule has 5 aromatic rings. The average molecular weight is 420 g/mol. The molecule has 8 heteroatoms. The predicted molar refractivity (Wildman–Crippen MR) is 122 cm³/mol. The zero-order valence-corrected chi connectivity index (χ0v) is 17.7. The second kappa shape index (κ2) is 7.63. The molecule has 0 radical (unpaired) electrons. The van der Waals surface area contributed by atoms with Crippen LogP contribution in [0, 0.1) is 25.2 Å². The number of fused-ring (bicyclic) bond motifs is 1. The number of anilines is 1. The molecule has 32 heavy (non-hydrogen) atoms. The summed E-state index contributed by atoms with van der Waals surface area (Å²) in [6.07, 6.45) is 3.84. The number of hydrogen-bond acceptors (Lipinski definition) is 6. The Morgan fingerprint density at radius 3 is 2.75 bits per heavy atom. The predicted octanol–water partition coefficient (Wildman–Crippen LogP) is 4.00. The lowest BCUT2D eigenvalue weighted by Gasteiger charge is -2.08. The number of nitrogens with one attached hydrogen (secondary N) is 1. The Balaban J connectivity index is 1.48. The molecule has 3 aromatic heterocycles. The van der Waals surface area contributed by atoms with E-state index in [2.05, 4.69) is 56.5 Å². The van der Waals surface area contributed by atoms with E-state index in [0.29, 0.717) is 29.2 Å². The van der Waals surface area contributed by atoms with Crippen LogP contribution < -0.4 is 5.73 Å². The van der Waals surface area contributed by atoms with E-state index in [1.807, 2.05) is 37.5 Å². The molecule has 0 amide bonds. The maximum atomic E-state index is 9.33. The van der Waals surface area contributed by atoms with Crippen molar-refractivity contribution < 1.29 is 0 Å². The summed E-state index contributed by atoms with van der Waals surface area (Å²) in [5, 5.41) is 19.1. The first-order valence-corrected chi connectivity index (χ1v) is 10.1. The van der Waals surface area contributed by atoms with Crippen LogP contribution >= 0.6 is 0 Å². The van der Waals surface area contributed by atoms with E-state index in [9.17, 15) is 5.26 Å². The Morgan fingerprint density at radius 1 is 1.06 bits per heavy atom. The third-order valence-electron chi connectivity index (χ3n) is 5.53. The van der Waals surface area contributed by atoms with Crippen LogP contribution in [0.2, 0.25) is 0 Å². The SMILES string of the molecule is Cc1ccc2c(Cn3cc(-c4cc(-c5cccc(C#N)c5C)nc(N)n4)nn3)c[nH]c2c1. The number of benzene rings is 2. The minimum Gasteiger partial charge on any atom is -0.368 e. The minimum atomic E-state index is 0.140. The van der Waals surface area contributed by atoms with Crippen molar-refractivity contribution in [3.8, 4) is 28.7 Å². The van der Waals surface area contributed by atoms with Crippen molar-refractivity contribution in [1.82, 2.24) is 29.9 Å². The van der Waals surface area contributed by atoms with Gasteiger partial charge in [0.05, 0.1) is 35.8 Å². The largest absolute Gasteiger partial charge is 0.368 e. The number of nitrogens with zero attached hydrogens (tertiary/aromatic N) is 6. The number of H-pyrrole nitrogens is 1. The van der Waals surface area contributed by atoms with E-state index < -0.39 is 0 Å². The lowest BCUT2D eigenvalue weighted by Crippen LogP contribution is -2.00. The Labute approximate surface area is 184 Å². The van der Waals surface area contributed by atoms with Crippen molar-refractivity contribution in [1.29, 1.82) is 5.26 Å². The van der Waals surface area contributed by atoms with Gasteiger partial charge in [-0.1, -0.05) is 29.5 Å². The number of aryl methyl sites for hydroxylation is 1. The summed E-state index contributed by atoms with van der Waals surface area (Å²) in [6.45, 7) is 4.54. The first-order valence-electron chi connectivity index (χ1n) is 10.1. The third kappa shape index (κ3) is 3.46. The molecule has 3 N–H and O–H groups in total. The molecule has 2 aromatic carbocycles. The summed E-state index contributed by atoms with van der Waals surface area (Å²) in [7, 11) is 0. The normalized spacial score (nSPS) is 11.0. The van der Waals surface area contributed by atoms with Gasteiger partial charge in [-0.15, -0.1) is 5.10 Å². The number of rotatable bonds is 4. The number of nitrogens with two attached hydrogens (primary N) is 1. The van der Waals surface area contributed by atoms with Crippen LogP contribution in [0.15, 0.2) is 54.9 Å². The van der Waals surface area contributed by atoms with E-state index in [0.717, 1.165) is 27.6 Å². The number of aromatic amines is 1. The molecule has 3 heterocycles. The number of aromatic nitrogens is 6. The number of nitriles is 1. The van der Waals surface area contributed by atoms with E-state index >= 15 is 0 Å². The molecule has 0 aliphatic rings. The van der Waals surface area contributed by atoms with Crippen LogP contribution in [0.1, 0.15) is 22.3 Å². The van der Waals surface area contributed by atoms with E-state index in [4.69, 9.17) is 5.73 Å². The highest BCUT2D eigenvalue weighted by Crippen LogP contribution is 2.28. The zero-order chi connectivity index (χ0) is 22.2. The Bertz CT molecular complexity index is 1500.